The third kappa shape index (κ3) is 2.21. The summed E-state index contributed by atoms with van der Waals surface area (Å²) in [5.74, 6) is 0. The Balaban J connectivity index is 3.66. The number of rotatable bonds is 1. The monoisotopic (exact) mass is 174 g/mol. The first-order valence-corrected chi connectivity index (χ1v) is 4.89. The van der Waals surface area contributed by atoms with Crippen LogP contribution in [-0.2, 0) is 0 Å². The molecular formula is C13H18. The Kier molecular flexibility index (Phi) is 3.30. The molecule has 0 unspecified atom stereocenters. The molecule has 0 aromatic heterocycles. The fourth-order valence-corrected chi connectivity index (χ4v) is 1.48. The van der Waals surface area contributed by atoms with Gasteiger partial charge in [-0.1, -0.05) is 42.3 Å². The van der Waals surface area contributed by atoms with Crippen LogP contribution in [0.15, 0.2) is 24.3 Å². The molecule has 0 heterocycles. The highest BCUT2D eigenvalue weighted by molar-refractivity contribution is 5.47. The molecular weight excluding hydrogens is 156 g/mol. The number of hydrogen-bond acceptors (Lipinski definition) is 0. The van der Waals surface area contributed by atoms with Gasteiger partial charge in [0, 0.05) is 0 Å². The Morgan fingerprint density at radius 2 is 1.54 bits per heavy atom. The van der Waals surface area contributed by atoms with E-state index in [1.54, 1.807) is 0 Å². The fourth-order valence-electron chi connectivity index (χ4n) is 1.48. The maximum atomic E-state index is 2.21. The Morgan fingerprint density at radius 1 is 1.00 bits per heavy atom. The zero-order valence-corrected chi connectivity index (χ0v) is 9.02. The van der Waals surface area contributed by atoms with Gasteiger partial charge in [-0.3, -0.25) is 0 Å². The average Bonchev–Trinajstić information content (AvgIpc) is 2.16. The van der Waals surface area contributed by atoms with Crippen LogP contribution in [0.3, 0.4) is 0 Å². The van der Waals surface area contributed by atoms with Crippen molar-refractivity contribution in [2.24, 2.45) is 0 Å². The summed E-state index contributed by atoms with van der Waals surface area (Å²) in [5.41, 5.74) is 2.86. The van der Waals surface area contributed by atoms with Crippen LogP contribution in [0.2, 0.25) is 0 Å². The van der Waals surface area contributed by atoms with Gasteiger partial charge >= 0.3 is 0 Å². The van der Waals surface area contributed by atoms with Crippen LogP contribution in [0, 0.1) is 0 Å². The Bertz CT molecular complexity index is 392. The van der Waals surface area contributed by atoms with Gasteiger partial charge in [-0.05, 0) is 37.6 Å². The van der Waals surface area contributed by atoms with E-state index in [0.29, 0.717) is 0 Å². The zero-order chi connectivity index (χ0) is 9.84. The molecule has 0 heteroatoms. The summed E-state index contributed by atoms with van der Waals surface area (Å²) in [5, 5.41) is 2.80. The highest BCUT2D eigenvalue weighted by Crippen LogP contribution is 1.95. The average molecular weight is 174 g/mol. The Hall–Kier alpha value is -1.04. The molecule has 0 aliphatic rings. The van der Waals surface area contributed by atoms with Crippen LogP contribution < -0.4 is 10.4 Å². The second-order valence-corrected chi connectivity index (χ2v) is 3.68. The van der Waals surface area contributed by atoms with Crippen molar-refractivity contribution in [3.05, 3.63) is 34.7 Å². The minimum absolute atomic E-state index is 1.13. The molecule has 0 saturated heterocycles. The van der Waals surface area contributed by atoms with Gasteiger partial charge in [-0.15, -0.1) is 0 Å². The molecule has 0 spiro atoms. The lowest BCUT2D eigenvalue weighted by molar-refractivity contribution is 1.20. The molecule has 1 aromatic carbocycles. The van der Waals surface area contributed by atoms with E-state index in [9.17, 15) is 0 Å². The van der Waals surface area contributed by atoms with Gasteiger partial charge in [0.05, 0.1) is 0 Å². The molecule has 0 aliphatic carbocycles. The first-order valence-electron chi connectivity index (χ1n) is 4.89. The third-order valence-corrected chi connectivity index (χ3v) is 2.46. The largest absolute Gasteiger partial charge is 0.0686 e. The van der Waals surface area contributed by atoms with Crippen LogP contribution in [0.4, 0.5) is 0 Å². The summed E-state index contributed by atoms with van der Waals surface area (Å²) in [4.78, 5) is 0. The highest BCUT2D eigenvalue weighted by atomic mass is 14.0. The van der Waals surface area contributed by atoms with Crippen LogP contribution in [-0.4, -0.2) is 0 Å². The lowest BCUT2D eigenvalue weighted by atomic mass is 10.1. The molecule has 0 aliphatic heterocycles. The maximum Gasteiger partial charge on any atom is -0.0196 e. The van der Waals surface area contributed by atoms with Gasteiger partial charge in [0.2, 0.25) is 0 Å². The number of hydrogen-bond donors (Lipinski definition) is 0. The standard InChI is InChI=1S/C13H18/c1-5-11(4)13-9-7-6-8-12(13)10(2)3/h6-9H,5H2,1-4H3/b13-11-. The molecule has 0 nitrogen and oxygen atoms in total. The molecule has 0 atom stereocenters. The Morgan fingerprint density at radius 3 is 2.00 bits per heavy atom. The van der Waals surface area contributed by atoms with Crippen LogP contribution in [0.5, 0.6) is 0 Å². The molecule has 0 saturated carbocycles. The number of benzene rings is 1. The molecule has 70 valence electrons. The van der Waals surface area contributed by atoms with Gasteiger partial charge in [0.15, 0.2) is 0 Å². The van der Waals surface area contributed by atoms with Crippen molar-refractivity contribution < 1.29 is 0 Å². The molecule has 1 rings (SSSR count). The molecule has 0 amide bonds. The van der Waals surface area contributed by atoms with Gasteiger partial charge in [0.1, 0.15) is 0 Å². The van der Waals surface area contributed by atoms with Crippen LogP contribution in [0.25, 0.3) is 11.1 Å². The quantitative estimate of drug-likeness (QED) is 0.613. The van der Waals surface area contributed by atoms with Gasteiger partial charge < -0.3 is 0 Å². The van der Waals surface area contributed by atoms with Crippen molar-refractivity contribution in [2.75, 3.05) is 0 Å². The summed E-state index contributed by atoms with van der Waals surface area (Å²) >= 11 is 0. The molecule has 0 fully saturated rings. The highest BCUT2D eigenvalue weighted by Gasteiger charge is 1.90. The van der Waals surface area contributed by atoms with E-state index >= 15 is 0 Å². The summed E-state index contributed by atoms with van der Waals surface area (Å²) < 4.78 is 0. The van der Waals surface area contributed by atoms with E-state index in [1.807, 2.05) is 0 Å². The van der Waals surface area contributed by atoms with E-state index in [-0.39, 0.29) is 0 Å². The Labute approximate surface area is 80.6 Å². The minimum atomic E-state index is 1.13. The lowest BCUT2D eigenvalue weighted by Gasteiger charge is -1.98. The van der Waals surface area contributed by atoms with E-state index in [1.165, 1.54) is 21.6 Å². The van der Waals surface area contributed by atoms with Crippen LogP contribution >= 0.6 is 0 Å². The van der Waals surface area contributed by atoms with Crippen LogP contribution in [0.1, 0.15) is 34.1 Å². The normalized spacial score (nSPS) is 12.6. The van der Waals surface area contributed by atoms with E-state index in [2.05, 4.69) is 52.0 Å². The first-order chi connectivity index (χ1) is 6.16. The SMILES string of the molecule is CC/C(C)=c1/ccccc1=C(C)C. The maximum absolute atomic E-state index is 2.21. The van der Waals surface area contributed by atoms with Crippen molar-refractivity contribution >= 4 is 11.1 Å². The molecule has 13 heavy (non-hydrogen) atoms. The second kappa shape index (κ2) is 4.27. The van der Waals surface area contributed by atoms with E-state index < -0.39 is 0 Å². The molecule has 1 aromatic rings. The van der Waals surface area contributed by atoms with Gasteiger partial charge in [0.25, 0.3) is 0 Å². The topological polar surface area (TPSA) is 0 Å². The minimum Gasteiger partial charge on any atom is -0.0686 e. The predicted molar refractivity (Wildman–Crippen MR) is 59.8 cm³/mol. The zero-order valence-electron chi connectivity index (χ0n) is 9.02. The van der Waals surface area contributed by atoms with Crippen molar-refractivity contribution in [3.63, 3.8) is 0 Å². The van der Waals surface area contributed by atoms with E-state index in [0.717, 1.165) is 6.42 Å². The van der Waals surface area contributed by atoms with Crippen molar-refractivity contribution in [2.45, 2.75) is 34.1 Å². The lowest BCUT2D eigenvalue weighted by Crippen LogP contribution is -2.27. The summed E-state index contributed by atoms with van der Waals surface area (Å²) in [6.45, 7) is 8.75. The molecule has 0 bridgehead atoms. The van der Waals surface area contributed by atoms with Crippen molar-refractivity contribution in [1.82, 2.24) is 0 Å². The molecule has 0 radical (unpaired) electrons. The smallest absolute Gasteiger partial charge is 0.0196 e. The first kappa shape index (κ1) is 10.0. The van der Waals surface area contributed by atoms with Gasteiger partial charge in [-0.25, -0.2) is 0 Å². The summed E-state index contributed by atoms with van der Waals surface area (Å²) in [6.07, 6.45) is 1.13. The summed E-state index contributed by atoms with van der Waals surface area (Å²) in [6, 6.07) is 8.63. The summed E-state index contributed by atoms with van der Waals surface area (Å²) in [7, 11) is 0. The second-order valence-electron chi connectivity index (χ2n) is 3.68. The van der Waals surface area contributed by atoms with Gasteiger partial charge in [-0.2, -0.15) is 0 Å². The predicted octanol–water partition coefficient (Wildman–Crippen LogP) is 2.46. The van der Waals surface area contributed by atoms with Crippen molar-refractivity contribution in [1.29, 1.82) is 0 Å². The van der Waals surface area contributed by atoms with E-state index in [4.69, 9.17) is 0 Å². The van der Waals surface area contributed by atoms with Crippen molar-refractivity contribution in [3.8, 4) is 0 Å². The third-order valence-electron chi connectivity index (χ3n) is 2.46. The fraction of sp³-hybridized carbons (Fsp3) is 0.385. The molecule has 0 N–H and O–H groups in total.